The first-order valence-electron chi connectivity index (χ1n) is 6.09. The summed E-state index contributed by atoms with van der Waals surface area (Å²) in [6.45, 7) is 0. The number of carbonyl (C=O) groups is 1. The molecule has 0 unspecified atom stereocenters. The maximum Gasteiger partial charge on any atom is 0.189 e. The summed E-state index contributed by atoms with van der Waals surface area (Å²) in [4.78, 5) is 12.1. The summed E-state index contributed by atoms with van der Waals surface area (Å²) in [5.41, 5.74) is 0.916. The van der Waals surface area contributed by atoms with Crippen molar-refractivity contribution in [3.63, 3.8) is 0 Å². The van der Waals surface area contributed by atoms with Crippen LogP contribution in [0.1, 0.15) is 15.9 Å². The number of carbonyl (C=O) groups excluding carboxylic acids is 1. The third kappa shape index (κ3) is 3.64. The third-order valence-electron chi connectivity index (χ3n) is 2.85. The maximum absolute atomic E-state index is 12.1. The van der Waals surface area contributed by atoms with E-state index in [0.717, 1.165) is 0 Å². The molecule has 0 aromatic heterocycles. The second-order valence-electron chi connectivity index (χ2n) is 4.29. The molecule has 0 amide bonds. The van der Waals surface area contributed by atoms with Crippen LogP contribution in [0.15, 0.2) is 46.9 Å². The van der Waals surface area contributed by atoms with Crippen molar-refractivity contribution in [2.45, 2.75) is 0 Å². The smallest absolute Gasteiger partial charge is 0.189 e. The molecule has 0 aliphatic heterocycles. The van der Waals surface area contributed by atoms with Crippen LogP contribution in [0.4, 0.5) is 0 Å². The first kappa shape index (κ1) is 15.1. The Morgan fingerprint density at radius 3 is 2.57 bits per heavy atom. The van der Waals surface area contributed by atoms with Crippen LogP contribution in [0.25, 0.3) is 6.08 Å². The number of methoxy groups -OCH3 is 1. The second-order valence-corrected chi connectivity index (χ2v) is 5.21. The van der Waals surface area contributed by atoms with Crippen molar-refractivity contribution in [1.82, 2.24) is 0 Å². The van der Waals surface area contributed by atoms with Gasteiger partial charge in [-0.25, -0.2) is 0 Å². The van der Waals surface area contributed by atoms with Crippen LogP contribution in [0, 0.1) is 0 Å². The van der Waals surface area contributed by atoms with Gasteiger partial charge in [0.15, 0.2) is 17.3 Å². The van der Waals surface area contributed by atoms with Gasteiger partial charge in [-0.1, -0.05) is 28.1 Å². The van der Waals surface area contributed by atoms with Gasteiger partial charge in [0.2, 0.25) is 0 Å². The molecule has 21 heavy (non-hydrogen) atoms. The zero-order chi connectivity index (χ0) is 15.4. The molecule has 0 saturated carbocycles. The SMILES string of the molecule is COc1cc(/C=C/C(=O)c2cc(Br)ccc2O)ccc1O. The number of halogens is 1. The highest BCUT2D eigenvalue weighted by Gasteiger charge is 2.09. The zero-order valence-electron chi connectivity index (χ0n) is 11.2. The molecule has 2 aromatic carbocycles. The molecule has 0 spiro atoms. The summed E-state index contributed by atoms with van der Waals surface area (Å²) in [5.74, 6) is -0.0301. The van der Waals surface area contributed by atoms with Crippen molar-refractivity contribution >= 4 is 27.8 Å². The maximum atomic E-state index is 12.1. The van der Waals surface area contributed by atoms with Crippen LogP contribution in [0.2, 0.25) is 0 Å². The Morgan fingerprint density at radius 1 is 1.14 bits per heavy atom. The molecule has 108 valence electrons. The van der Waals surface area contributed by atoms with Gasteiger partial charge < -0.3 is 14.9 Å². The van der Waals surface area contributed by atoms with Crippen LogP contribution in [0.5, 0.6) is 17.2 Å². The Morgan fingerprint density at radius 2 is 1.86 bits per heavy atom. The molecule has 0 atom stereocenters. The largest absolute Gasteiger partial charge is 0.507 e. The van der Waals surface area contributed by atoms with Gasteiger partial charge in [0.25, 0.3) is 0 Å². The molecule has 0 fully saturated rings. The fourth-order valence-corrected chi connectivity index (χ4v) is 2.13. The first-order chi connectivity index (χ1) is 10.0. The first-order valence-corrected chi connectivity index (χ1v) is 6.88. The Labute approximate surface area is 130 Å². The number of phenols is 2. The Hall–Kier alpha value is -2.27. The number of phenolic OH excluding ortho intramolecular Hbond substituents is 2. The van der Waals surface area contributed by atoms with Gasteiger partial charge in [-0.2, -0.15) is 0 Å². The van der Waals surface area contributed by atoms with Gasteiger partial charge in [-0.05, 0) is 42.0 Å². The molecule has 5 heteroatoms. The minimum Gasteiger partial charge on any atom is -0.507 e. The predicted molar refractivity (Wildman–Crippen MR) is 83.8 cm³/mol. The number of ketones is 1. The third-order valence-corrected chi connectivity index (χ3v) is 3.35. The van der Waals surface area contributed by atoms with Gasteiger partial charge in [0.1, 0.15) is 5.75 Å². The van der Waals surface area contributed by atoms with Gasteiger partial charge >= 0.3 is 0 Å². The minimum absolute atomic E-state index is 0.0330. The van der Waals surface area contributed by atoms with Gasteiger partial charge in [-0.15, -0.1) is 0 Å². The lowest BCUT2D eigenvalue weighted by molar-refractivity contribution is 0.104. The number of hydrogen-bond acceptors (Lipinski definition) is 4. The average molecular weight is 349 g/mol. The molecule has 0 aliphatic rings. The summed E-state index contributed by atoms with van der Waals surface area (Å²) in [6, 6.07) is 9.41. The van der Waals surface area contributed by atoms with E-state index >= 15 is 0 Å². The van der Waals surface area contributed by atoms with E-state index in [9.17, 15) is 15.0 Å². The van der Waals surface area contributed by atoms with Crippen LogP contribution in [-0.2, 0) is 0 Å². The molecule has 4 nitrogen and oxygen atoms in total. The molecule has 0 radical (unpaired) electrons. The quantitative estimate of drug-likeness (QED) is 0.652. The summed E-state index contributed by atoms with van der Waals surface area (Å²) >= 11 is 3.26. The molecule has 0 bridgehead atoms. The van der Waals surface area contributed by atoms with Gasteiger partial charge in [0, 0.05) is 4.47 Å². The summed E-state index contributed by atoms with van der Waals surface area (Å²) < 4.78 is 5.71. The van der Waals surface area contributed by atoms with E-state index in [0.29, 0.717) is 15.8 Å². The average Bonchev–Trinajstić information content (AvgIpc) is 2.48. The molecule has 2 N–H and O–H groups in total. The van der Waals surface area contributed by atoms with Crippen molar-refractivity contribution in [3.05, 3.63) is 58.1 Å². The van der Waals surface area contributed by atoms with E-state index in [1.807, 2.05) is 0 Å². The fourth-order valence-electron chi connectivity index (χ4n) is 1.77. The van der Waals surface area contributed by atoms with Gasteiger partial charge in [0.05, 0.1) is 12.7 Å². The minimum atomic E-state index is -0.319. The molecular formula is C16H13BrO4. The molecule has 0 heterocycles. The Bertz CT molecular complexity index is 707. The van der Waals surface area contributed by atoms with Crippen LogP contribution >= 0.6 is 15.9 Å². The summed E-state index contributed by atoms with van der Waals surface area (Å²) in [6.07, 6.45) is 2.94. The van der Waals surface area contributed by atoms with E-state index in [1.165, 1.54) is 25.3 Å². The van der Waals surface area contributed by atoms with Crippen LogP contribution < -0.4 is 4.74 Å². The normalized spacial score (nSPS) is 10.8. The summed E-state index contributed by atoms with van der Waals surface area (Å²) in [5, 5.41) is 19.2. The highest BCUT2D eigenvalue weighted by Crippen LogP contribution is 2.27. The van der Waals surface area contributed by atoms with E-state index in [4.69, 9.17) is 4.74 Å². The number of ether oxygens (including phenoxy) is 1. The van der Waals surface area contributed by atoms with Crippen LogP contribution in [0.3, 0.4) is 0 Å². The molecule has 0 saturated heterocycles. The number of allylic oxidation sites excluding steroid dienone is 1. The Kier molecular flexibility index (Phi) is 4.65. The molecule has 2 aromatic rings. The highest BCUT2D eigenvalue weighted by atomic mass is 79.9. The number of hydrogen-bond donors (Lipinski definition) is 2. The topological polar surface area (TPSA) is 66.8 Å². The predicted octanol–water partition coefficient (Wildman–Crippen LogP) is 3.77. The lowest BCUT2D eigenvalue weighted by atomic mass is 10.1. The number of rotatable bonds is 4. The molecule has 0 aliphatic carbocycles. The monoisotopic (exact) mass is 348 g/mol. The van der Waals surface area contributed by atoms with E-state index in [-0.39, 0.29) is 22.8 Å². The number of aromatic hydroxyl groups is 2. The summed E-state index contributed by atoms with van der Waals surface area (Å²) in [7, 11) is 1.45. The fraction of sp³-hybridized carbons (Fsp3) is 0.0625. The van der Waals surface area contributed by atoms with Crippen molar-refractivity contribution in [2.24, 2.45) is 0 Å². The van der Waals surface area contributed by atoms with E-state index in [2.05, 4.69) is 15.9 Å². The number of benzene rings is 2. The van der Waals surface area contributed by atoms with Gasteiger partial charge in [-0.3, -0.25) is 4.79 Å². The van der Waals surface area contributed by atoms with E-state index in [1.54, 1.807) is 30.3 Å². The van der Waals surface area contributed by atoms with Crippen molar-refractivity contribution < 1.29 is 19.7 Å². The lowest BCUT2D eigenvalue weighted by Gasteiger charge is -2.04. The lowest BCUT2D eigenvalue weighted by Crippen LogP contribution is -1.95. The van der Waals surface area contributed by atoms with Crippen molar-refractivity contribution in [3.8, 4) is 17.2 Å². The molecular weight excluding hydrogens is 336 g/mol. The Balaban J connectivity index is 2.24. The highest BCUT2D eigenvalue weighted by molar-refractivity contribution is 9.10. The molecule has 2 rings (SSSR count). The standard InChI is InChI=1S/C16H13BrO4/c1-21-16-8-10(3-6-15(16)20)2-5-13(18)12-9-11(17)4-7-14(12)19/h2-9,19-20H,1H3/b5-2+. The van der Waals surface area contributed by atoms with Crippen molar-refractivity contribution in [1.29, 1.82) is 0 Å². The zero-order valence-corrected chi connectivity index (χ0v) is 12.8. The van der Waals surface area contributed by atoms with E-state index < -0.39 is 0 Å². The van der Waals surface area contributed by atoms with Crippen LogP contribution in [-0.4, -0.2) is 23.1 Å². The second kappa shape index (κ2) is 6.45. The van der Waals surface area contributed by atoms with Crippen molar-refractivity contribution in [2.75, 3.05) is 7.11 Å².